The zero-order valence-electron chi connectivity index (χ0n) is 8.10. The van der Waals surface area contributed by atoms with Crippen LogP contribution in [0.4, 0.5) is 0 Å². The second-order valence-electron chi connectivity index (χ2n) is 2.62. The van der Waals surface area contributed by atoms with Crippen LogP contribution in [0.3, 0.4) is 0 Å². The van der Waals surface area contributed by atoms with Crippen molar-refractivity contribution in [2.75, 3.05) is 0 Å². The van der Waals surface area contributed by atoms with E-state index in [2.05, 4.69) is 6.42 Å². The van der Waals surface area contributed by atoms with Gasteiger partial charge < -0.3 is 10.2 Å². The van der Waals surface area contributed by atoms with E-state index in [9.17, 15) is 4.79 Å². The Balaban J connectivity index is 0.000000336. The largest absolute Gasteiger partial charge is 0.478 e. The molecule has 1 aromatic carbocycles. The van der Waals surface area contributed by atoms with Gasteiger partial charge in [0.1, 0.15) is 0 Å². The molecule has 0 fully saturated rings. The van der Waals surface area contributed by atoms with Crippen LogP contribution >= 0.6 is 0 Å². The summed E-state index contributed by atoms with van der Waals surface area (Å²) in [5, 5.41) is 16.0. The van der Waals surface area contributed by atoms with Crippen LogP contribution in [0.5, 0.6) is 0 Å². The van der Waals surface area contributed by atoms with Crippen LogP contribution in [-0.2, 0) is 4.79 Å². The molecule has 0 aromatic heterocycles. The summed E-state index contributed by atoms with van der Waals surface area (Å²) < 4.78 is 0. The fourth-order valence-corrected chi connectivity index (χ4v) is 0.696. The zero-order chi connectivity index (χ0) is 11.8. The Hall–Kier alpha value is -2.28. The summed E-state index contributed by atoms with van der Waals surface area (Å²) in [6.45, 7) is 1.92. The third-order valence-electron chi connectivity index (χ3n) is 1.42. The van der Waals surface area contributed by atoms with Gasteiger partial charge in [-0.2, -0.15) is 0 Å². The number of aliphatic carboxylic acids is 1. The maximum Gasteiger partial charge on any atom is 0.381 e. The summed E-state index contributed by atoms with van der Waals surface area (Å²) in [5.41, 5.74) is 1.41. The van der Waals surface area contributed by atoms with E-state index in [4.69, 9.17) is 15.0 Å². The van der Waals surface area contributed by atoms with Gasteiger partial charge in [0.05, 0.1) is 5.56 Å². The summed E-state index contributed by atoms with van der Waals surface area (Å²) in [6.07, 6.45) is 4.32. The monoisotopic (exact) mass is 206 g/mol. The van der Waals surface area contributed by atoms with Crippen molar-refractivity contribution in [3.05, 3.63) is 35.4 Å². The fraction of sp³-hybridized carbons (Fsp3) is 0.0909. The Morgan fingerprint density at radius 2 is 1.60 bits per heavy atom. The summed E-state index contributed by atoms with van der Waals surface area (Å²) in [7, 11) is 0. The first-order valence-corrected chi connectivity index (χ1v) is 3.97. The third kappa shape index (κ3) is 5.88. The van der Waals surface area contributed by atoms with E-state index in [0.717, 1.165) is 5.56 Å². The number of carboxylic acid groups (broad SMARTS) is 2. The normalized spacial score (nSPS) is 8.00. The average molecular weight is 206 g/mol. The lowest BCUT2D eigenvalue weighted by Gasteiger charge is -1.92. The summed E-state index contributed by atoms with van der Waals surface area (Å²) in [6, 6.07) is 6.75. The van der Waals surface area contributed by atoms with Gasteiger partial charge in [-0.1, -0.05) is 17.7 Å². The molecule has 1 aromatic rings. The third-order valence-corrected chi connectivity index (χ3v) is 1.42. The number of benzene rings is 1. The second kappa shape index (κ2) is 6.22. The van der Waals surface area contributed by atoms with E-state index in [1.165, 1.54) is 5.92 Å². The highest BCUT2D eigenvalue weighted by Crippen LogP contribution is 2.01. The van der Waals surface area contributed by atoms with Crippen LogP contribution in [0.15, 0.2) is 24.3 Å². The van der Waals surface area contributed by atoms with Crippen LogP contribution in [0.25, 0.3) is 0 Å². The lowest BCUT2D eigenvalue weighted by molar-refractivity contribution is -0.130. The zero-order valence-corrected chi connectivity index (χ0v) is 8.10. The van der Waals surface area contributed by atoms with Crippen LogP contribution in [0.1, 0.15) is 15.9 Å². The topological polar surface area (TPSA) is 74.6 Å². The van der Waals surface area contributed by atoms with Gasteiger partial charge in [0, 0.05) is 5.92 Å². The van der Waals surface area contributed by atoms with Crippen molar-refractivity contribution in [3.63, 3.8) is 0 Å². The van der Waals surface area contributed by atoms with Crippen LogP contribution in [0.2, 0.25) is 0 Å². The molecule has 0 heterocycles. The standard InChI is InChI=1S/C8H8O2.C3H2O2/c1-6-2-4-7(5-3-6)8(9)10;1-2-3(4)5/h2-5H,1H3,(H,9,10);1H,(H,4,5). The molecule has 0 aliphatic heterocycles. The number of carbonyl (C=O) groups is 2. The Kier molecular flexibility index (Phi) is 5.27. The number of carboxylic acids is 2. The van der Waals surface area contributed by atoms with Gasteiger partial charge in [-0.15, -0.1) is 6.42 Å². The van der Waals surface area contributed by atoms with Gasteiger partial charge >= 0.3 is 11.9 Å². The molecule has 0 bridgehead atoms. The Labute approximate surface area is 87.2 Å². The molecule has 4 heteroatoms. The van der Waals surface area contributed by atoms with Crippen molar-refractivity contribution in [3.8, 4) is 12.3 Å². The van der Waals surface area contributed by atoms with E-state index in [0.29, 0.717) is 5.56 Å². The minimum absolute atomic E-state index is 0.339. The lowest BCUT2D eigenvalue weighted by Crippen LogP contribution is -1.94. The number of terminal acetylenes is 1. The van der Waals surface area contributed by atoms with Crippen molar-refractivity contribution in [1.29, 1.82) is 0 Å². The highest BCUT2D eigenvalue weighted by molar-refractivity contribution is 5.87. The first kappa shape index (κ1) is 12.7. The molecule has 4 nitrogen and oxygen atoms in total. The van der Waals surface area contributed by atoms with Crippen LogP contribution in [-0.4, -0.2) is 22.2 Å². The maximum absolute atomic E-state index is 10.3. The maximum atomic E-state index is 10.3. The molecule has 0 radical (unpaired) electrons. The highest BCUT2D eigenvalue weighted by atomic mass is 16.4. The van der Waals surface area contributed by atoms with Gasteiger partial charge in [0.2, 0.25) is 0 Å². The second-order valence-corrected chi connectivity index (χ2v) is 2.62. The number of rotatable bonds is 1. The number of hydrogen-bond donors (Lipinski definition) is 2. The first-order chi connectivity index (χ1) is 6.97. The molecule has 0 aliphatic carbocycles. The van der Waals surface area contributed by atoms with Crippen molar-refractivity contribution in [1.82, 2.24) is 0 Å². The van der Waals surface area contributed by atoms with Gasteiger partial charge in [-0.3, -0.25) is 0 Å². The fourth-order valence-electron chi connectivity index (χ4n) is 0.696. The lowest BCUT2D eigenvalue weighted by atomic mass is 10.2. The molecule has 0 amide bonds. The minimum atomic E-state index is -1.22. The van der Waals surface area contributed by atoms with Gasteiger partial charge in [-0.05, 0) is 19.1 Å². The number of aromatic carboxylic acids is 1. The van der Waals surface area contributed by atoms with E-state index in [1.54, 1.807) is 24.3 Å². The van der Waals surface area contributed by atoms with Crippen molar-refractivity contribution < 1.29 is 19.8 Å². The van der Waals surface area contributed by atoms with Gasteiger partial charge in [0.15, 0.2) is 0 Å². The molecule has 78 valence electrons. The quantitative estimate of drug-likeness (QED) is 0.681. The summed E-state index contributed by atoms with van der Waals surface area (Å²) in [5.74, 6) is -0.648. The summed E-state index contributed by atoms with van der Waals surface area (Å²) >= 11 is 0. The SMILES string of the molecule is C#CC(=O)O.Cc1ccc(C(=O)O)cc1. The van der Waals surface area contributed by atoms with Crippen LogP contribution in [0, 0.1) is 19.3 Å². The molecule has 0 atom stereocenters. The molecule has 0 aliphatic rings. The van der Waals surface area contributed by atoms with Crippen molar-refractivity contribution in [2.45, 2.75) is 6.92 Å². The van der Waals surface area contributed by atoms with Crippen LogP contribution < -0.4 is 0 Å². The van der Waals surface area contributed by atoms with Crippen molar-refractivity contribution >= 4 is 11.9 Å². The molecule has 2 N–H and O–H groups in total. The molecule has 0 unspecified atom stereocenters. The van der Waals surface area contributed by atoms with E-state index >= 15 is 0 Å². The smallest absolute Gasteiger partial charge is 0.381 e. The molecule has 0 saturated heterocycles. The predicted molar refractivity (Wildman–Crippen MR) is 54.6 cm³/mol. The number of aryl methyl sites for hydroxylation is 1. The molecule has 0 saturated carbocycles. The molecule has 0 spiro atoms. The molecular formula is C11H10O4. The Bertz CT molecular complexity index is 384. The highest BCUT2D eigenvalue weighted by Gasteiger charge is 1.98. The molecule has 1 rings (SSSR count). The first-order valence-electron chi connectivity index (χ1n) is 3.97. The predicted octanol–water partition coefficient (Wildman–Crippen LogP) is 1.40. The average Bonchev–Trinajstić information content (AvgIpc) is 2.19. The number of hydrogen-bond acceptors (Lipinski definition) is 2. The molecular weight excluding hydrogens is 196 g/mol. The van der Waals surface area contributed by atoms with Crippen molar-refractivity contribution in [2.24, 2.45) is 0 Å². The Morgan fingerprint density at radius 1 is 1.20 bits per heavy atom. The van der Waals surface area contributed by atoms with E-state index < -0.39 is 11.9 Å². The van der Waals surface area contributed by atoms with Gasteiger partial charge in [-0.25, -0.2) is 9.59 Å². The minimum Gasteiger partial charge on any atom is -0.478 e. The van der Waals surface area contributed by atoms with E-state index in [1.807, 2.05) is 6.92 Å². The van der Waals surface area contributed by atoms with E-state index in [-0.39, 0.29) is 0 Å². The van der Waals surface area contributed by atoms with Gasteiger partial charge in [0.25, 0.3) is 0 Å². The molecule has 15 heavy (non-hydrogen) atoms. The Morgan fingerprint density at radius 3 is 1.87 bits per heavy atom. The summed E-state index contributed by atoms with van der Waals surface area (Å²) in [4.78, 5) is 19.4.